The predicted octanol–water partition coefficient (Wildman–Crippen LogP) is 0.454. The van der Waals surface area contributed by atoms with Gasteiger partial charge in [-0.25, -0.2) is 12.8 Å². The monoisotopic (exact) mass is 277 g/mol. The van der Waals surface area contributed by atoms with Crippen LogP contribution < -0.4 is 0 Å². The molecular weight excluding hydrogens is 261 g/mol. The summed E-state index contributed by atoms with van der Waals surface area (Å²) < 4.78 is 43.1. The summed E-state index contributed by atoms with van der Waals surface area (Å²) in [6, 6.07) is 5.11. The molecule has 1 atom stereocenters. The quantitative estimate of drug-likeness (QED) is 0.820. The minimum atomic E-state index is -3.94. The molecule has 7 heteroatoms. The standard InChI is InChI=1S/C11H16FNO4S/c1-13(7-9(14)8-17-2)18(15,16)11-6-4-3-5-10(11)12/h3-6,9,14H,7-8H2,1-2H3. The first kappa shape index (κ1) is 15.0. The van der Waals surface area contributed by atoms with E-state index in [4.69, 9.17) is 4.74 Å². The second-order valence-electron chi connectivity index (χ2n) is 3.83. The van der Waals surface area contributed by atoms with E-state index in [0.29, 0.717) is 0 Å². The van der Waals surface area contributed by atoms with Crippen LogP contribution in [-0.2, 0) is 14.8 Å². The smallest absolute Gasteiger partial charge is 0.245 e. The zero-order valence-corrected chi connectivity index (χ0v) is 11.0. The number of ether oxygens (including phenoxy) is 1. The Morgan fingerprint density at radius 2 is 2.06 bits per heavy atom. The van der Waals surface area contributed by atoms with Crippen LogP contribution in [-0.4, -0.2) is 51.2 Å². The molecule has 0 bridgehead atoms. The highest BCUT2D eigenvalue weighted by molar-refractivity contribution is 7.89. The van der Waals surface area contributed by atoms with Crippen molar-refractivity contribution in [3.63, 3.8) is 0 Å². The average Bonchev–Trinajstić information content (AvgIpc) is 2.29. The van der Waals surface area contributed by atoms with Crippen LogP contribution in [0.25, 0.3) is 0 Å². The molecule has 0 amide bonds. The Balaban J connectivity index is 2.90. The molecule has 102 valence electrons. The first-order valence-corrected chi connectivity index (χ1v) is 6.71. The zero-order chi connectivity index (χ0) is 13.8. The highest BCUT2D eigenvalue weighted by atomic mass is 32.2. The maximum atomic E-state index is 13.4. The molecule has 0 saturated heterocycles. The lowest BCUT2D eigenvalue weighted by atomic mass is 10.3. The maximum absolute atomic E-state index is 13.4. The third-order valence-electron chi connectivity index (χ3n) is 2.35. The zero-order valence-electron chi connectivity index (χ0n) is 10.2. The van der Waals surface area contributed by atoms with Gasteiger partial charge in [-0.1, -0.05) is 12.1 Å². The number of sulfonamides is 1. The fourth-order valence-electron chi connectivity index (χ4n) is 1.46. The largest absolute Gasteiger partial charge is 0.389 e. The fourth-order valence-corrected chi connectivity index (χ4v) is 2.73. The molecule has 1 unspecified atom stereocenters. The Labute approximate surface area is 106 Å². The lowest BCUT2D eigenvalue weighted by molar-refractivity contribution is 0.0554. The van der Waals surface area contributed by atoms with Crippen molar-refractivity contribution in [2.45, 2.75) is 11.0 Å². The molecule has 0 heterocycles. The van der Waals surface area contributed by atoms with E-state index >= 15 is 0 Å². The highest BCUT2D eigenvalue weighted by Crippen LogP contribution is 2.17. The number of aliphatic hydroxyl groups excluding tert-OH is 1. The van der Waals surface area contributed by atoms with Crippen LogP contribution in [0, 0.1) is 5.82 Å². The van der Waals surface area contributed by atoms with Gasteiger partial charge in [-0.15, -0.1) is 0 Å². The number of likely N-dealkylation sites (N-methyl/N-ethyl adjacent to an activating group) is 1. The third-order valence-corrected chi connectivity index (χ3v) is 4.21. The van der Waals surface area contributed by atoms with Crippen molar-refractivity contribution in [2.24, 2.45) is 0 Å². The van der Waals surface area contributed by atoms with Crippen LogP contribution in [0.5, 0.6) is 0 Å². The van der Waals surface area contributed by atoms with Crippen molar-refractivity contribution in [3.05, 3.63) is 30.1 Å². The summed E-state index contributed by atoms with van der Waals surface area (Å²) in [7, 11) is -1.26. The number of benzene rings is 1. The molecule has 0 radical (unpaired) electrons. The molecule has 0 spiro atoms. The van der Waals surface area contributed by atoms with E-state index in [-0.39, 0.29) is 13.2 Å². The Bertz CT molecular complexity index is 492. The summed E-state index contributed by atoms with van der Waals surface area (Å²) in [5.41, 5.74) is 0. The van der Waals surface area contributed by atoms with E-state index in [1.165, 1.54) is 32.4 Å². The molecule has 0 aliphatic rings. The molecule has 5 nitrogen and oxygen atoms in total. The number of nitrogens with zero attached hydrogens (tertiary/aromatic N) is 1. The number of aliphatic hydroxyl groups is 1. The van der Waals surface area contributed by atoms with Crippen molar-refractivity contribution in [1.82, 2.24) is 4.31 Å². The fraction of sp³-hybridized carbons (Fsp3) is 0.455. The summed E-state index contributed by atoms with van der Waals surface area (Å²) >= 11 is 0. The number of methoxy groups -OCH3 is 1. The van der Waals surface area contributed by atoms with Crippen molar-refractivity contribution in [3.8, 4) is 0 Å². The van der Waals surface area contributed by atoms with E-state index in [2.05, 4.69) is 0 Å². The van der Waals surface area contributed by atoms with Gasteiger partial charge in [-0.3, -0.25) is 0 Å². The van der Waals surface area contributed by atoms with Crippen molar-refractivity contribution in [1.29, 1.82) is 0 Å². The molecule has 1 aromatic rings. The summed E-state index contributed by atoms with van der Waals surface area (Å²) in [5, 5.41) is 9.47. The Hall–Kier alpha value is -1.02. The van der Waals surface area contributed by atoms with Crippen LogP contribution in [0.2, 0.25) is 0 Å². The number of rotatable bonds is 6. The van der Waals surface area contributed by atoms with Crippen LogP contribution in [0.15, 0.2) is 29.2 Å². The van der Waals surface area contributed by atoms with E-state index in [1.54, 1.807) is 0 Å². The Morgan fingerprint density at radius 1 is 1.44 bits per heavy atom. The molecule has 1 N–H and O–H groups in total. The van der Waals surface area contributed by atoms with Crippen LogP contribution >= 0.6 is 0 Å². The number of hydrogen-bond acceptors (Lipinski definition) is 4. The van der Waals surface area contributed by atoms with Crippen molar-refractivity contribution in [2.75, 3.05) is 27.3 Å². The van der Waals surface area contributed by atoms with Gasteiger partial charge < -0.3 is 9.84 Å². The molecule has 0 fully saturated rings. The predicted molar refractivity (Wildman–Crippen MR) is 64.1 cm³/mol. The second-order valence-corrected chi connectivity index (χ2v) is 5.84. The minimum Gasteiger partial charge on any atom is -0.389 e. The van der Waals surface area contributed by atoms with Gasteiger partial charge in [0.25, 0.3) is 0 Å². The number of hydrogen-bond donors (Lipinski definition) is 1. The molecule has 1 aromatic carbocycles. The average molecular weight is 277 g/mol. The summed E-state index contributed by atoms with van der Waals surface area (Å²) in [6.45, 7) is -0.151. The van der Waals surface area contributed by atoms with Gasteiger partial charge in [-0.05, 0) is 12.1 Å². The molecule has 0 aliphatic heterocycles. The van der Waals surface area contributed by atoms with Gasteiger partial charge in [0.15, 0.2) is 0 Å². The SMILES string of the molecule is COCC(O)CN(C)S(=O)(=O)c1ccccc1F. The first-order valence-electron chi connectivity index (χ1n) is 5.27. The Kier molecular flexibility index (Phi) is 5.21. The topological polar surface area (TPSA) is 66.8 Å². The first-order chi connectivity index (χ1) is 8.39. The highest BCUT2D eigenvalue weighted by Gasteiger charge is 2.25. The molecule has 0 aromatic heterocycles. The van der Waals surface area contributed by atoms with Gasteiger partial charge in [0, 0.05) is 20.7 Å². The van der Waals surface area contributed by atoms with Crippen LogP contribution in [0.1, 0.15) is 0 Å². The van der Waals surface area contributed by atoms with Crippen molar-refractivity contribution >= 4 is 10.0 Å². The Morgan fingerprint density at radius 3 is 2.61 bits per heavy atom. The molecule has 1 rings (SSSR count). The van der Waals surface area contributed by atoms with Gasteiger partial charge in [0.1, 0.15) is 10.7 Å². The summed E-state index contributed by atoms with van der Waals surface area (Å²) in [4.78, 5) is -0.405. The van der Waals surface area contributed by atoms with Crippen LogP contribution in [0.4, 0.5) is 4.39 Å². The molecule has 18 heavy (non-hydrogen) atoms. The number of halogens is 1. The van der Waals surface area contributed by atoms with E-state index < -0.39 is 26.8 Å². The maximum Gasteiger partial charge on any atom is 0.245 e. The van der Waals surface area contributed by atoms with E-state index in [0.717, 1.165) is 10.4 Å². The summed E-state index contributed by atoms with van der Waals surface area (Å²) in [6.07, 6.45) is -0.957. The van der Waals surface area contributed by atoms with Gasteiger partial charge in [-0.2, -0.15) is 4.31 Å². The summed E-state index contributed by atoms with van der Waals surface area (Å²) in [5.74, 6) is -0.814. The van der Waals surface area contributed by atoms with Crippen molar-refractivity contribution < 1.29 is 22.7 Å². The van der Waals surface area contributed by atoms with E-state index in [1.807, 2.05) is 0 Å². The van der Waals surface area contributed by atoms with E-state index in [9.17, 15) is 17.9 Å². The molecule has 0 saturated carbocycles. The third kappa shape index (κ3) is 3.49. The minimum absolute atomic E-state index is 0.0110. The van der Waals surface area contributed by atoms with Gasteiger partial charge >= 0.3 is 0 Å². The van der Waals surface area contributed by atoms with Gasteiger partial charge in [0.2, 0.25) is 10.0 Å². The van der Waals surface area contributed by atoms with Gasteiger partial charge in [0.05, 0.1) is 12.7 Å². The lowest BCUT2D eigenvalue weighted by Crippen LogP contribution is -2.36. The lowest BCUT2D eigenvalue weighted by Gasteiger charge is -2.20. The second kappa shape index (κ2) is 6.24. The normalized spacial score (nSPS) is 13.8. The van der Waals surface area contributed by atoms with Crippen LogP contribution in [0.3, 0.4) is 0 Å². The molecular formula is C11H16FNO4S. The molecule has 0 aliphatic carbocycles.